The molecule has 3 rings (SSSR count). The Balaban J connectivity index is 1.68. The van der Waals surface area contributed by atoms with Crippen LogP contribution in [0.2, 0.25) is 0 Å². The van der Waals surface area contributed by atoms with Gasteiger partial charge in [-0.3, -0.25) is 0 Å². The van der Waals surface area contributed by atoms with E-state index in [4.69, 9.17) is 0 Å². The lowest BCUT2D eigenvalue weighted by Crippen LogP contribution is -2.44. The van der Waals surface area contributed by atoms with Crippen LogP contribution < -0.4 is 5.32 Å². The third-order valence-electron chi connectivity index (χ3n) is 4.55. The molecule has 1 aromatic rings. The number of nitrogens with one attached hydrogen (secondary N) is 1. The van der Waals surface area contributed by atoms with Crippen molar-refractivity contribution in [2.75, 3.05) is 11.9 Å². The lowest BCUT2D eigenvalue weighted by Gasteiger charge is -2.37. The maximum atomic E-state index is 12.5. The minimum atomic E-state index is 0.0339. The molecule has 1 atom stereocenters. The first-order valence-corrected chi connectivity index (χ1v) is 8.15. The molecule has 1 saturated heterocycles. The van der Waals surface area contributed by atoms with Crippen LogP contribution in [0.4, 0.5) is 10.5 Å². The number of amides is 2. The first-order chi connectivity index (χ1) is 9.65. The van der Waals surface area contributed by atoms with E-state index in [9.17, 15) is 4.79 Å². The zero-order valence-corrected chi connectivity index (χ0v) is 13.3. The smallest absolute Gasteiger partial charge is 0.321 e. The number of anilines is 1. The Morgan fingerprint density at radius 3 is 2.80 bits per heavy atom. The van der Waals surface area contributed by atoms with Gasteiger partial charge in [-0.25, -0.2) is 9.78 Å². The van der Waals surface area contributed by atoms with Crippen molar-refractivity contribution in [2.24, 2.45) is 5.92 Å². The Kier molecular flexibility index (Phi) is 3.96. The average molecular weight is 338 g/mol. The summed E-state index contributed by atoms with van der Waals surface area (Å²) in [6.07, 6.45) is 6.19. The second-order valence-electron chi connectivity index (χ2n) is 5.79. The first kappa shape index (κ1) is 13.9. The Bertz CT molecular complexity index is 516. The molecule has 1 saturated carbocycles. The third kappa shape index (κ3) is 2.68. The first-order valence-electron chi connectivity index (χ1n) is 7.36. The second-order valence-corrected chi connectivity index (χ2v) is 6.60. The number of carbonyl (C=O) groups is 1. The number of likely N-dealkylation sites (tertiary alicyclic amines) is 1. The lowest BCUT2D eigenvalue weighted by atomic mass is 9.79. The number of aromatic nitrogens is 1. The quantitative estimate of drug-likeness (QED) is 0.830. The molecule has 2 amide bonds. The molecule has 1 aliphatic carbocycles. The number of rotatable bonds is 2. The zero-order chi connectivity index (χ0) is 14.1. The highest BCUT2D eigenvalue weighted by Gasteiger charge is 2.37. The lowest BCUT2D eigenvalue weighted by molar-refractivity contribution is 0.148. The summed E-state index contributed by atoms with van der Waals surface area (Å²) >= 11 is 3.34. The van der Waals surface area contributed by atoms with E-state index in [1.165, 1.54) is 19.3 Å². The predicted octanol–water partition coefficient (Wildman–Crippen LogP) is 3.95. The standard InChI is InChI=1S/C15H20BrN3O/c1-10-12(7-8-14(16)17-10)18-15(20)19-9-3-6-13(19)11-4-2-5-11/h7-8,11,13H,2-6,9H2,1H3,(H,18,20)/t13-/m1/s1. The minimum absolute atomic E-state index is 0.0339. The molecule has 0 aromatic carbocycles. The highest BCUT2D eigenvalue weighted by Crippen LogP contribution is 2.37. The monoisotopic (exact) mass is 337 g/mol. The Hall–Kier alpha value is -1.10. The van der Waals surface area contributed by atoms with Crippen LogP contribution in [-0.4, -0.2) is 28.5 Å². The van der Waals surface area contributed by atoms with Gasteiger partial charge in [0.1, 0.15) is 4.60 Å². The third-order valence-corrected chi connectivity index (χ3v) is 4.99. The van der Waals surface area contributed by atoms with E-state index in [-0.39, 0.29) is 6.03 Å². The molecule has 2 heterocycles. The van der Waals surface area contributed by atoms with Crippen LogP contribution >= 0.6 is 15.9 Å². The molecule has 20 heavy (non-hydrogen) atoms. The van der Waals surface area contributed by atoms with E-state index in [0.29, 0.717) is 6.04 Å². The Morgan fingerprint density at radius 2 is 2.15 bits per heavy atom. The molecule has 0 unspecified atom stereocenters. The van der Waals surface area contributed by atoms with Gasteiger partial charge < -0.3 is 10.2 Å². The van der Waals surface area contributed by atoms with E-state index in [0.717, 1.165) is 41.3 Å². The largest absolute Gasteiger partial charge is 0.322 e. The summed E-state index contributed by atoms with van der Waals surface area (Å²) in [6.45, 7) is 2.80. The summed E-state index contributed by atoms with van der Waals surface area (Å²) in [5.41, 5.74) is 1.64. The Morgan fingerprint density at radius 1 is 1.35 bits per heavy atom. The molecular formula is C15H20BrN3O. The van der Waals surface area contributed by atoms with Crippen molar-refractivity contribution in [2.45, 2.75) is 45.1 Å². The van der Waals surface area contributed by atoms with Gasteiger partial charge in [0.2, 0.25) is 0 Å². The number of pyridine rings is 1. The van der Waals surface area contributed by atoms with Gasteiger partial charge >= 0.3 is 6.03 Å². The van der Waals surface area contributed by atoms with Gasteiger partial charge in [-0.15, -0.1) is 0 Å². The van der Waals surface area contributed by atoms with Crippen molar-refractivity contribution in [1.82, 2.24) is 9.88 Å². The van der Waals surface area contributed by atoms with Gasteiger partial charge in [-0.2, -0.15) is 0 Å². The number of halogens is 1. The van der Waals surface area contributed by atoms with Crippen LogP contribution in [0.3, 0.4) is 0 Å². The molecule has 0 radical (unpaired) electrons. The molecular weight excluding hydrogens is 318 g/mol. The van der Waals surface area contributed by atoms with Crippen molar-refractivity contribution < 1.29 is 4.79 Å². The van der Waals surface area contributed by atoms with Crippen molar-refractivity contribution in [3.63, 3.8) is 0 Å². The van der Waals surface area contributed by atoms with Crippen LogP contribution in [-0.2, 0) is 0 Å². The number of hydrogen-bond donors (Lipinski definition) is 1. The fourth-order valence-electron chi connectivity index (χ4n) is 3.21. The van der Waals surface area contributed by atoms with Crippen LogP contribution in [0.25, 0.3) is 0 Å². The number of hydrogen-bond acceptors (Lipinski definition) is 2. The average Bonchev–Trinajstić information content (AvgIpc) is 2.79. The number of carbonyl (C=O) groups excluding carboxylic acids is 1. The minimum Gasteiger partial charge on any atom is -0.321 e. The van der Waals surface area contributed by atoms with E-state index in [1.54, 1.807) is 0 Å². The van der Waals surface area contributed by atoms with Crippen LogP contribution in [0.1, 0.15) is 37.8 Å². The van der Waals surface area contributed by atoms with Gasteiger partial charge in [0.15, 0.2) is 0 Å². The highest BCUT2D eigenvalue weighted by atomic mass is 79.9. The molecule has 1 N–H and O–H groups in total. The molecule has 2 aliphatic rings. The summed E-state index contributed by atoms with van der Waals surface area (Å²) in [6, 6.07) is 4.24. The van der Waals surface area contributed by atoms with Gasteiger partial charge in [0, 0.05) is 12.6 Å². The van der Waals surface area contributed by atoms with Crippen LogP contribution in [0.5, 0.6) is 0 Å². The number of aryl methyl sites for hydroxylation is 1. The normalized spacial score (nSPS) is 22.7. The summed E-state index contributed by atoms with van der Waals surface area (Å²) in [5, 5.41) is 3.02. The SMILES string of the molecule is Cc1nc(Br)ccc1NC(=O)N1CCC[C@@H]1C1CCC1. The maximum absolute atomic E-state index is 12.5. The molecule has 4 nitrogen and oxygen atoms in total. The molecule has 0 bridgehead atoms. The van der Waals surface area contributed by atoms with E-state index < -0.39 is 0 Å². The second kappa shape index (κ2) is 5.72. The summed E-state index contributed by atoms with van der Waals surface area (Å²) in [4.78, 5) is 18.8. The zero-order valence-electron chi connectivity index (χ0n) is 11.7. The van der Waals surface area contributed by atoms with Gasteiger partial charge in [0.25, 0.3) is 0 Å². The number of nitrogens with zero attached hydrogens (tertiary/aromatic N) is 2. The summed E-state index contributed by atoms with van der Waals surface area (Å²) < 4.78 is 0.793. The van der Waals surface area contributed by atoms with Crippen molar-refractivity contribution in [3.8, 4) is 0 Å². The Labute approximate surface area is 128 Å². The molecule has 0 spiro atoms. The van der Waals surface area contributed by atoms with Crippen molar-refractivity contribution in [1.29, 1.82) is 0 Å². The van der Waals surface area contributed by atoms with Crippen molar-refractivity contribution in [3.05, 3.63) is 22.4 Å². The maximum Gasteiger partial charge on any atom is 0.322 e. The topological polar surface area (TPSA) is 45.2 Å². The van der Waals surface area contributed by atoms with Crippen molar-refractivity contribution >= 4 is 27.6 Å². The molecule has 108 valence electrons. The fourth-order valence-corrected chi connectivity index (χ4v) is 3.61. The van der Waals surface area contributed by atoms with Crippen LogP contribution in [0, 0.1) is 12.8 Å². The fraction of sp³-hybridized carbons (Fsp3) is 0.600. The molecule has 1 aromatic heterocycles. The van der Waals surface area contributed by atoms with Gasteiger partial charge in [-0.05, 0) is 66.6 Å². The molecule has 5 heteroatoms. The molecule has 1 aliphatic heterocycles. The summed E-state index contributed by atoms with van der Waals surface area (Å²) in [7, 11) is 0. The number of urea groups is 1. The predicted molar refractivity (Wildman–Crippen MR) is 82.8 cm³/mol. The van der Waals surface area contributed by atoms with Gasteiger partial charge in [-0.1, -0.05) is 6.42 Å². The van der Waals surface area contributed by atoms with E-state index >= 15 is 0 Å². The highest BCUT2D eigenvalue weighted by molar-refractivity contribution is 9.10. The van der Waals surface area contributed by atoms with Gasteiger partial charge in [0.05, 0.1) is 11.4 Å². The van der Waals surface area contributed by atoms with E-state index in [1.807, 2.05) is 24.0 Å². The summed E-state index contributed by atoms with van der Waals surface area (Å²) in [5.74, 6) is 0.729. The van der Waals surface area contributed by atoms with Crippen LogP contribution in [0.15, 0.2) is 16.7 Å². The molecule has 2 fully saturated rings. The van der Waals surface area contributed by atoms with E-state index in [2.05, 4.69) is 26.2 Å².